The molecule has 2 saturated heterocycles. The third-order valence-corrected chi connectivity index (χ3v) is 7.76. The summed E-state index contributed by atoms with van der Waals surface area (Å²) in [6.07, 6.45) is 2.36. The van der Waals surface area contributed by atoms with Crippen molar-refractivity contribution in [2.45, 2.75) is 51.2 Å². The first kappa shape index (κ1) is 28.5. The lowest BCUT2D eigenvalue weighted by Gasteiger charge is -2.32. The largest absolute Gasteiger partial charge is 0.484 e. The van der Waals surface area contributed by atoms with Gasteiger partial charge in [0.2, 0.25) is 5.88 Å². The number of likely N-dealkylation sites (tertiary alicyclic amines) is 1. The van der Waals surface area contributed by atoms with Gasteiger partial charge in [-0.1, -0.05) is 0 Å². The molecular weight excluding hydrogens is 560 g/mol. The number of ether oxygens (including phenoxy) is 3. The summed E-state index contributed by atoms with van der Waals surface area (Å²) in [5.74, 6) is -1.27. The normalized spacial score (nSPS) is 17.4. The molecule has 1 unspecified atom stereocenters. The van der Waals surface area contributed by atoms with E-state index in [0.717, 1.165) is 61.9 Å². The molecule has 2 aliphatic heterocycles. The number of carbonyl (C=O) groups is 1. The Labute approximate surface area is 246 Å². The van der Waals surface area contributed by atoms with E-state index in [1.165, 1.54) is 24.3 Å². The zero-order valence-corrected chi connectivity index (χ0v) is 23.2. The van der Waals surface area contributed by atoms with Crippen LogP contribution >= 0.6 is 0 Å². The Bertz CT molecular complexity index is 1690. The lowest BCUT2D eigenvalue weighted by molar-refractivity contribution is -0.0592. The first-order chi connectivity index (χ1) is 20.9. The van der Waals surface area contributed by atoms with Gasteiger partial charge in [-0.15, -0.1) is 0 Å². The standard InChI is InChI=1S/C31H29F2N5O5/c32-23-3-6-30(36-26(23)18-42-28-5-1-19(15-34)13-24(28)33)43-21-7-10-37(11-8-21)17-29-35-25-4-2-20(31(39)40)14-27(25)38(29)16-22-9-12-41-22/h1-6,13-14,21-22H,7-12,16-18H2,(H,39,40). The summed E-state index contributed by atoms with van der Waals surface area (Å²) < 4.78 is 47.8. The highest BCUT2D eigenvalue weighted by molar-refractivity contribution is 5.92. The number of carboxylic acids is 1. The van der Waals surface area contributed by atoms with E-state index in [2.05, 4.69) is 14.5 Å². The molecule has 4 aromatic rings. The first-order valence-corrected chi connectivity index (χ1v) is 14.1. The minimum Gasteiger partial charge on any atom is -0.484 e. The van der Waals surface area contributed by atoms with Crippen LogP contribution in [0.1, 0.15) is 46.7 Å². The van der Waals surface area contributed by atoms with E-state index in [0.29, 0.717) is 13.1 Å². The third-order valence-electron chi connectivity index (χ3n) is 7.76. The van der Waals surface area contributed by atoms with Crippen molar-refractivity contribution in [1.29, 1.82) is 5.26 Å². The molecule has 0 bridgehead atoms. The highest BCUT2D eigenvalue weighted by Gasteiger charge is 2.26. The molecular formula is C31H29F2N5O5. The van der Waals surface area contributed by atoms with Crippen molar-refractivity contribution in [2.24, 2.45) is 0 Å². The van der Waals surface area contributed by atoms with Gasteiger partial charge < -0.3 is 23.9 Å². The second kappa shape index (κ2) is 12.3. The summed E-state index contributed by atoms with van der Waals surface area (Å²) in [4.78, 5) is 22.9. The summed E-state index contributed by atoms with van der Waals surface area (Å²) in [6, 6.07) is 13.3. The Morgan fingerprint density at radius 3 is 2.58 bits per heavy atom. The number of piperidine rings is 1. The van der Waals surface area contributed by atoms with Crippen LogP contribution in [-0.4, -0.2) is 62.4 Å². The van der Waals surface area contributed by atoms with E-state index >= 15 is 0 Å². The molecule has 0 saturated carbocycles. The molecule has 10 nitrogen and oxygen atoms in total. The summed E-state index contributed by atoms with van der Waals surface area (Å²) in [5.41, 5.74) is 1.90. The predicted octanol–water partition coefficient (Wildman–Crippen LogP) is 4.69. The number of hydrogen-bond acceptors (Lipinski definition) is 8. The summed E-state index contributed by atoms with van der Waals surface area (Å²) in [6.45, 7) is 3.12. The zero-order chi connectivity index (χ0) is 29.9. The van der Waals surface area contributed by atoms with Crippen molar-refractivity contribution >= 4 is 17.0 Å². The summed E-state index contributed by atoms with van der Waals surface area (Å²) >= 11 is 0. The van der Waals surface area contributed by atoms with Gasteiger partial charge >= 0.3 is 5.97 Å². The minimum absolute atomic E-state index is 0.0147. The Balaban J connectivity index is 1.07. The first-order valence-electron chi connectivity index (χ1n) is 14.1. The van der Waals surface area contributed by atoms with Crippen LogP contribution in [0.5, 0.6) is 11.6 Å². The SMILES string of the molecule is N#Cc1ccc(OCc2nc(OC3CCN(Cc4nc5ccc(C(=O)O)cc5n4CC4CCO4)CC3)ccc2F)c(F)c1. The van der Waals surface area contributed by atoms with Crippen molar-refractivity contribution in [3.05, 3.63) is 82.8 Å². The fourth-order valence-corrected chi connectivity index (χ4v) is 5.28. The molecule has 0 aliphatic carbocycles. The molecule has 2 aliphatic rings. The molecule has 2 fully saturated rings. The van der Waals surface area contributed by atoms with E-state index in [1.54, 1.807) is 18.2 Å². The van der Waals surface area contributed by atoms with Gasteiger partial charge in [-0.05, 0) is 61.7 Å². The summed E-state index contributed by atoms with van der Waals surface area (Å²) in [5, 5.41) is 18.4. The molecule has 222 valence electrons. The number of benzene rings is 2. The molecule has 2 aromatic heterocycles. The van der Waals surface area contributed by atoms with Gasteiger partial charge in [0.05, 0.1) is 47.4 Å². The Morgan fingerprint density at radius 2 is 1.88 bits per heavy atom. The fraction of sp³-hybridized carbons (Fsp3) is 0.355. The van der Waals surface area contributed by atoms with Gasteiger partial charge in [0, 0.05) is 25.8 Å². The molecule has 1 atom stereocenters. The molecule has 1 N–H and O–H groups in total. The average Bonchev–Trinajstić information content (AvgIpc) is 3.32. The van der Waals surface area contributed by atoms with Crippen molar-refractivity contribution in [2.75, 3.05) is 19.7 Å². The number of imidazole rings is 1. The van der Waals surface area contributed by atoms with Crippen molar-refractivity contribution < 1.29 is 32.9 Å². The fourth-order valence-electron chi connectivity index (χ4n) is 5.28. The van der Waals surface area contributed by atoms with Gasteiger partial charge in [-0.25, -0.2) is 23.5 Å². The van der Waals surface area contributed by atoms with Gasteiger partial charge in [0.15, 0.2) is 11.6 Å². The molecule has 6 rings (SSSR count). The lowest BCUT2D eigenvalue weighted by atomic mass is 10.1. The van der Waals surface area contributed by atoms with Crippen molar-refractivity contribution in [3.8, 4) is 17.7 Å². The number of hydrogen-bond donors (Lipinski definition) is 1. The van der Waals surface area contributed by atoms with E-state index in [4.69, 9.17) is 24.5 Å². The third kappa shape index (κ3) is 6.43. The van der Waals surface area contributed by atoms with Crippen LogP contribution in [0.3, 0.4) is 0 Å². The maximum atomic E-state index is 14.4. The highest BCUT2D eigenvalue weighted by atomic mass is 19.1. The molecule has 43 heavy (non-hydrogen) atoms. The lowest BCUT2D eigenvalue weighted by Crippen LogP contribution is -2.39. The number of nitriles is 1. The Hall–Kier alpha value is -4.60. The number of nitrogens with zero attached hydrogens (tertiary/aromatic N) is 5. The number of aromatic carboxylic acids is 1. The van der Waals surface area contributed by atoms with Crippen LogP contribution in [0.15, 0.2) is 48.5 Å². The maximum absolute atomic E-state index is 14.4. The van der Waals surface area contributed by atoms with Crippen molar-refractivity contribution in [1.82, 2.24) is 19.4 Å². The maximum Gasteiger partial charge on any atom is 0.335 e. The second-order valence-corrected chi connectivity index (χ2v) is 10.6. The van der Waals surface area contributed by atoms with E-state index in [9.17, 15) is 18.7 Å². The van der Waals surface area contributed by atoms with Crippen LogP contribution in [0.25, 0.3) is 11.0 Å². The number of halogens is 2. The Kier molecular flexibility index (Phi) is 8.18. The van der Waals surface area contributed by atoms with Crippen LogP contribution in [0, 0.1) is 23.0 Å². The molecule has 0 amide bonds. The van der Waals surface area contributed by atoms with Crippen LogP contribution < -0.4 is 9.47 Å². The number of fused-ring (bicyclic) bond motifs is 1. The Morgan fingerprint density at radius 1 is 1.07 bits per heavy atom. The molecule has 2 aromatic carbocycles. The minimum atomic E-state index is -0.978. The smallest absolute Gasteiger partial charge is 0.335 e. The summed E-state index contributed by atoms with van der Waals surface area (Å²) in [7, 11) is 0. The van der Waals surface area contributed by atoms with Crippen LogP contribution in [0.2, 0.25) is 0 Å². The van der Waals surface area contributed by atoms with Gasteiger partial charge in [0.25, 0.3) is 0 Å². The van der Waals surface area contributed by atoms with Gasteiger partial charge in [0.1, 0.15) is 30.0 Å². The van der Waals surface area contributed by atoms with Crippen molar-refractivity contribution in [3.63, 3.8) is 0 Å². The van der Waals surface area contributed by atoms with Crippen LogP contribution in [0.4, 0.5) is 8.78 Å². The monoisotopic (exact) mass is 589 g/mol. The topological polar surface area (TPSA) is 123 Å². The van der Waals surface area contributed by atoms with E-state index < -0.39 is 17.6 Å². The molecule has 12 heteroatoms. The number of rotatable bonds is 10. The van der Waals surface area contributed by atoms with E-state index in [-0.39, 0.29) is 47.3 Å². The quantitative estimate of drug-likeness (QED) is 0.281. The number of carboxylic acid groups (broad SMARTS) is 1. The van der Waals surface area contributed by atoms with E-state index in [1.807, 2.05) is 6.07 Å². The van der Waals surface area contributed by atoms with Gasteiger partial charge in [-0.3, -0.25) is 4.90 Å². The zero-order valence-electron chi connectivity index (χ0n) is 23.2. The second-order valence-electron chi connectivity index (χ2n) is 10.6. The molecule has 0 spiro atoms. The number of aromatic nitrogens is 3. The van der Waals surface area contributed by atoms with Gasteiger partial charge in [-0.2, -0.15) is 5.26 Å². The molecule has 0 radical (unpaired) electrons. The van der Waals surface area contributed by atoms with Crippen LogP contribution in [-0.2, 0) is 24.4 Å². The predicted molar refractivity (Wildman–Crippen MR) is 150 cm³/mol. The average molecular weight is 590 g/mol. The highest BCUT2D eigenvalue weighted by Crippen LogP contribution is 2.26. The number of pyridine rings is 1. The molecule has 4 heterocycles.